The van der Waals surface area contributed by atoms with E-state index in [0.717, 1.165) is 39.1 Å². The van der Waals surface area contributed by atoms with Crippen LogP contribution >= 0.6 is 0 Å². The fourth-order valence-corrected chi connectivity index (χ4v) is 4.01. The molecule has 1 heterocycles. The van der Waals surface area contributed by atoms with Gasteiger partial charge in [0.15, 0.2) is 0 Å². The van der Waals surface area contributed by atoms with E-state index in [1.54, 1.807) is 7.11 Å². The number of methoxy groups -OCH3 is 1. The Hall–Kier alpha value is -1.59. The van der Waals surface area contributed by atoms with Crippen molar-refractivity contribution in [3.8, 4) is 0 Å². The summed E-state index contributed by atoms with van der Waals surface area (Å²) < 4.78 is 11.1. The minimum Gasteiger partial charge on any atom is -0.444 e. The maximum atomic E-state index is 12.3. The lowest BCUT2D eigenvalue weighted by Crippen LogP contribution is -2.50. The third-order valence-electron chi connectivity index (χ3n) is 5.68. The SMILES string of the molecule is COCC1(CN[C@@H]2CC2c2ccccc2)CCN(C(=O)OC(C)(C)C)CC1. The van der Waals surface area contributed by atoms with Crippen molar-refractivity contribution in [2.45, 2.75) is 57.6 Å². The number of likely N-dealkylation sites (tertiary alicyclic amines) is 1. The number of hydrogen-bond acceptors (Lipinski definition) is 4. The third kappa shape index (κ3) is 5.45. The van der Waals surface area contributed by atoms with E-state index in [2.05, 4.69) is 35.6 Å². The van der Waals surface area contributed by atoms with Gasteiger partial charge in [-0.15, -0.1) is 0 Å². The average Bonchev–Trinajstić information content (AvgIpc) is 3.40. The largest absolute Gasteiger partial charge is 0.444 e. The molecule has 0 bridgehead atoms. The van der Waals surface area contributed by atoms with Gasteiger partial charge in [-0.05, 0) is 45.6 Å². The van der Waals surface area contributed by atoms with Gasteiger partial charge in [-0.2, -0.15) is 0 Å². The number of amides is 1. The van der Waals surface area contributed by atoms with Crippen LogP contribution in [0.25, 0.3) is 0 Å². The Morgan fingerprint density at radius 1 is 1.22 bits per heavy atom. The second-order valence-electron chi connectivity index (χ2n) is 9.14. The fraction of sp³-hybridized carbons (Fsp3) is 0.682. The van der Waals surface area contributed by atoms with E-state index in [9.17, 15) is 4.79 Å². The Kier molecular flexibility index (Phi) is 6.11. The zero-order valence-electron chi connectivity index (χ0n) is 17.2. The molecule has 1 aromatic carbocycles. The first-order valence-corrected chi connectivity index (χ1v) is 10.1. The van der Waals surface area contributed by atoms with Crippen LogP contribution in [0.2, 0.25) is 0 Å². The first-order chi connectivity index (χ1) is 12.8. The van der Waals surface area contributed by atoms with Gasteiger partial charge in [-0.3, -0.25) is 0 Å². The van der Waals surface area contributed by atoms with Crippen LogP contribution in [0.4, 0.5) is 4.79 Å². The molecular weight excluding hydrogens is 340 g/mol. The molecule has 5 nitrogen and oxygen atoms in total. The molecule has 150 valence electrons. The molecule has 1 aliphatic carbocycles. The predicted octanol–water partition coefficient (Wildman–Crippen LogP) is 3.80. The Balaban J connectivity index is 1.50. The maximum Gasteiger partial charge on any atom is 0.410 e. The second kappa shape index (κ2) is 8.19. The molecule has 1 saturated heterocycles. The Morgan fingerprint density at radius 2 is 1.89 bits per heavy atom. The summed E-state index contributed by atoms with van der Waals surface area (Å²) in [4.78, 5) is 14.2. The summed E-state index contributed by atoms with van der Waals surface area (Å²) in [5.41, 5.74) is 1.07. The summed E-state index contributed by atoms with van der Waals surface area (Å²) in [5, 5.41) is 3.77. The van der Waals surface area contributed by atoms with Crippen molar-refractivity contribution in [3.05, 3.63) is 35.9 Å². The number of benzene rings is 1. The molecule has 1 N–H and O–H groups in total. The minimum atomic E-state index is -0.446. The van der Waals surface area contributed by atoms with E-state index >= 15 is 0 Å². The van der Waals surface area contributed by atoms with Gasteiger partial charge in [-0.25, -0.2) is 4.79 Å². The summed E-state index contributed by atoms with van der Waals surface area (Å²) in [6, 6.07) is 11.3. The molecule has 1 aliphatic heterocycles. The molecule has 1 aromatic rings. The van der Waals surface area contributed by atoms with Crippen molar-refractivity contribution in [2.24, 2.45) is 5.41 Å². The Morgan fingerprint density at radius 3 is 2.48 bits per heavy atom. The van der Waals surface area contributed by atoms with Crippen molar-refractivity contribution < 1.29 is 14.3 Å². The van der Waals surface area contributed by atoms with E-state index in [-0.39, 0.29) is 11.5 Å². The Bertz CT molecular complexity index is 618. The number of piperidine rings is 1. The summed E-state index contributed by atoms with van der Waals surface area (Å²) in [5.74, 6) is 0.632. The number of carbonyl (C=O) groups excluding carboxylic acids is 1. The normalized spacial score (nSPS) is 24.5. The van der Waals surface area contributed by atoms with Gasteiger partial charge in [0.25, 0.3) is 0 Å². The van der Waals surface area contributed by atoms with Crippen molar-refractivity contribution in [2.75, 3.05) is 33.4 Å². The zero-order valence-corrected chi connectivity index (χ0v) is 17.2. The van der Waals surface area contributed by atoms with Gasteiger partial charge < -0.3 is 19.7 Å². The quantitative estimate of drug-likeness (QED) is 0.823. The Labute approximate surface area is 163 Å². The van der Waals surface area contributed by atoms with Crippen molar-refractivity contribution in [3.63, 3.8) is 0 Å². The number of ether oxygens (including phenoxy) is 2. The highest BCUT2D eigenvalue weighted by molar-refractivity contribution is 5.68. The van der Waals surface area contributed by atoms with E-state index in [0.29, 0.717) is 12.0 Å². The molecule has 5 heteroatoms. The number of nitrogens with zero attached hydrogens (tertiary/aromatic N) is 1. The van der Waals surface area contributed by atoms with E-state index in [1.807, 2.05) is 25.7 Å². The third-order valence-corrected chi connectivity index (χ3v) is 5.68. The molecular formula is C22H34N2O3. The molecule has 1 amide bonds. The number of hydrogen-bond donors (Lipinski definition) is 1. The highest BCUT2D eigenvalue weighted by atomic mass is 16.6. The van der Waals surface area contributed by atoms with Gasteiger partial charge in [0.1, 0.15) is 5.60 Å². The number of rotatable bonds is 6. The predicted molar refractivity (Wildman–Crippen MR) is 107 cm³/mol. The van der Waals surface area contributed by atoms with Crippen LogP contribution in [0.1, 0.15) is 51.5 Å². The van der Waals surface area contributed by atoms with Crippen molar-refractivity contribution >= 4 is 6.09 Å². The van der Waals surface area contributed by atoms with Crippen LogP contribution in [0.15, 0.2) is 30.3 Å². The van der Waals surface area contributed by atoms with Crippen LogP contribution in [-0.4, -0.2) is 56.0 Å². The summed E-state index contributed by atoms with van der Waals surface area (Å²) in [7, 11) is 1.77. The monoisotopic (exact) mass is 374 g/mol. The molecule has 1 unspecified atom stereocenters. The van der Waals surface area contributed by atoms with Gasteiger partial charge in [0.2, 0.25) is 0 Å². The van der Waals surface area contributed by atoms with Crippen LogP contribution in [0.5, 0.6) is 0 Å². The maximum absolute atomic E-state index is 12.3. The van der Waals surface area contributed by atoms with Gasteiger partial charge in [0.05, 0.1) is 6.61 Å². The second-order valence-corrected chi connectivity index (χ2v) is 9.14. The molecule has 2 fully saturated rings. The summed E-state index contributed by atoms with van der Waals surface area (Å²) >= 11 is 0. The lowest BCUT2D eigenvalue weighted by Gasteiger charge is -2.41. The van der Waals surface area contributed by atoms with Crippen molar-refractivity contribution in [1.29, 1.82) is 0 Å². The van der Waals surface area contributed by atoms with Crippen LogP contribution in [-0.2, 0) is 9.47 Å². The lowest BCUT2D eigenvalue weighted by molar-refractivity contribution is -0.00667. The number of nitrogens with one attached hydrogen (secondary N) is 1. The van der Waals surface area contributed by atoms with Crippen LogP contribution < -0.4 is 5.32 Å². The zero-order chi connectivity index (χ0) is 19.5. The molecule has 0 spiro atoms. The van der Waals surface area contributed by atoms with Gasteiger partial charge in [0, 0.05) is 44.1 Å². The standard InChI is InChI=1S/C22H34N2O3/c1-21(2,3)27-20(25)24-12-10-22(11-13-24,16-26-4)15-23-19-14-18(19)17-8-6-5-7-9-17/h5-9,18-19,23H,10-16H2,1-4H3/t18?,19-/m1/s1. The van der Waals surface area contributed by atoms with Gasteiger partial charge >= 0.3 is 6.09 Å². The van der Waals surface area contributed by atoms with Crippen LogP contribution in [0, 0.1) is 5.41 Å². The minimum absolute atomic E-state index is 0.0943. The first kappa shape index (κ1) is 20.2. The average molecular weight is 375 g/mol. The highest BCUT2D eigenvalue weighted by Crippen LogP contribution is 2.42. The van der Waals surface area contributed by atoms with E-state index in [1.165, 1.54) is 12.0 Å². The molecule has 27 heavy (non-hydrogen) atoms. The molecule has 2 atom stereocenters. The smallest absolute Gasteiger partial charge is 0.410 e. The lowest BCUT2D eigenvalue weighted by atomic mass is 9.79. The topological polar surface area (TPSA) is 50.8 Å². The molecule has 1 saturated carbocycles. The fourth-order valence-electron chi connectivity index (χ4n) is 4.01. The summed E-state index contributed by atoms with van der Waals surface area (Å²) in [6.45, 7) is 8.85. The van der Waals surface area contributed by atoms with E-state index < -0.39 is 5.60 Å². The molecule has 3 rings (SSSR count). The van der Waals surface area contributed by atoms with E-state index in [4.69, 9.17) is 9.47 Å². The van der Waals surface area contributed by atoms with Crippen molar-refractivity contribution in [1.82, 2.24) is 10.2 Å². The molecule has 0 radical (unpaired) electrons. The highest BCUT2D eigenvalue weighted by Gasteiger charge is 2.42. The summed E-state index contributed by atoms with van der Waals surface area (Å²) in [6.07, 6.45) is 2.88. The molecule has 0 aromatic heterocycles. The van der Waals surface area contributed by atoms with Gasteiger partial charge in [-0.1, -0.05) is 30.3 Å². The first-order valence-electron chi connectivity index (χ1n) is 10.1. The molecule has 2 aliphatic rings. The number of carbonyl (C=O) groups is 1. The van der Waals surface area contributed by atoms with Crippen LogP contribution in [0.3, 0.4) is 0 Å².